The minimum absolute atomic E-state index is 0.333. The van der Waals surface area contributed by atoms with Crippen LogP contribution in [-0.4, -0.2) is 28.2 Å². The van der Waals surface area contributed by atoms with E-state index in [1.807, 2.05) is 35.0 Å². The molecule has 0 saturated carbocycles. The van der Waals surface area contributed by atoms with E-state index in [4.69, 9.17) is 9.84 Å². The zero-order valence-corrected chi connectivity index (χ0v) is 12.2. The fourth-order valence-corrected chi connectivity index (χ4v) is 2.04. The Kier molecular flexibility index (Phi) is 5.14. The summed E-state index contributed by atoms with van der Waals surface area (Å²) in [4.78, 5) is 22.2. The largest absolute Gasteiger partial charge is 0.478 e. The molecule has 5 heteroatoms. The van der Waals surface area contributed by atoms with E-state index in [0.29, 0.717) is 18.7 Å². The molecule has 2 rings (SSSR count). The molecular weight excluding hydrogens is 282 g/mol. The summed E-state index contributed by atoms with van der Waals surface area (Å²) < 4.78 is 6.87. The molecule has 0 spiro atoms. The molecule has 1 heterocycles. The van der Waals surface area contributed by atoms with E-state index in [-0.39, 0.29) is 5.97 Å². The third-order valence-corrected chi connectivity index (χ3v) is 3.08. The minimum Gasteiger partial charge on any atom is -0.478 e. The Hall–Kier alpha value is -2.82. The van der Waals surface area contributed by atoms with E-state index in [1.165, 1.54) is 0 Å². The highest BCUT2D eigenvalue weighted by Gasteiger charge is 2.06. The van der Waals surface area contributed by atoms with Crippen molar-refractivity contribution in [1.29, 1.82) is 0 Å². The van der Waals surface area contributed by atoms with Gasteiger partial charge >= 0.3 is 11.9 Å². The van der Waals surface area contributed by atoms with Crippen LogP contribution in [0, 0.1) is 0 Å². The Bertz CT molecular complexity index is 683. The Morgan fingerprint density at radius 1 is 1.23 bits per heavy atom. The quantitative estimate of drug-likeness (QED) is 0.658. The molecular formula is C17H17NO4. The highest BCUT2D eigenvalue weighted by atomic mass is 16.5. The molecule has 5 nitrogen and oxygen atoms in total. The van der Waals surface area contributed by atoms with E-state index < -0.39 is 5.97 Å². The normalized spacial score (nSPS) is 10.8. The predicted octanol–water partition coefficient (Wildman–Crippen LogP) is 2.81. The first-order chi connectivity index (χ1) is 10.6. The summed E-state index contributed by atoms with van der Waals surface area (Å²) in [6.07, 6.45) is 4.53. The molecule has 1 N–H and O–H groups in total. The number of carbonyl (C=O) groups excluding carboxylic acids is 1. The van der Waals surface area contributed by atoms with Gasteiger partial charge < -0.3 is 14.4 Å². The summed E-state index contributed by atoms with van der Waals surface area (Å²) in [5.74, 6) is -1.31. The van der Waals surface area contributed by atoms with E-state index >= 15 is 0 Å². The van der Waals surface area contributed by atoms with Gasteiger partial charge in [0, 0.05) is 24.5 Å². The van der Waals surface area contributed by atoms with Crippen LogP contribution >= 0.6 is 0 Å². The summed E-state index contributed by atoms with van der Waals surface area (Å²) in [6.45, 7) is 2.71. The molecule has 1 aromatic carbocycles. The lowest BCUT2D eigenvalue weighted by Gasteiger charge is -2.08. The van der Waals surface area contributed by atoms with Crippen molar-refractivity contribution in [2.24, 2.45) is 0 Å². The summed E-state index contributed by atoms with van der Waals surface area (Å²) in [6, 6.07) is 10.9. The van der Waals surface area contributed by atoms with Gasteiger partial charge in [0.1, 0.15) is 0 Å². The molecule has 0 unspecified atom stereocenters. The molecule has 22 heavy (non-hydrogen) atoms. The van der Waals surface area contributed by atoms with Gasteiger partial charge in [-0.3, -0.25) is 0 Å². The molecule has 114 valence electrons. The van der Waals surface area contributed by atoms with E-state index in [9.17, 15) is 9.59 Å². The maximum absolute atomic E-state index is 11.6. The molecule has 0 aliphatic heterocycles. The number of ether oxygens (including phenoxy) is 1. The van der Waals surface area contributed by atoms with Crippen molar-refractivity contribution in [2.45, 2.75) is 13.5 Å². The van der Waals surface area contributed by atoms with Crippen molar-refractivity contribution >= 4 is 18.0 Å². The zero-order valence-electron chi connectivity index (χ0n) is 12.2. The van der Waals surface area contributed by atoms with Crippen LogP contribution in [0.15, 0.2) is 48.7 Å². The molecule has 1 aromatic heterocycles. The molecule has 0 amide bonds. The highest BCUT2D eigenvalue weighted by molar-refractivity contribution is 5.89. The van der Waals surface area contributed by atoms with Crippen molar-refractivity contribution in [1.82, 2.24) is 4.57 Å². The Balaban J connectivity index is 2.10. The molecule has 2 aromatic rings. The molecule has 0 fully saturated rings. The smallest absolute Gasteiger partial charge is 0.338 e. The highest BCUT2D eigenvalue weighted by Crippen LogP contribution is 2.11. The first-order valence-corrected chi connectivity index (χ1v) is 6.92. The SMILES string of the molecule is CCOC(=O)c1ccc(Cn2cccc2/C=C/C(=O)O)cc1. The summed E-state index contributed by atoms with van der Waals surface area (Å²) in [7, 11) is 0. The number of esters is 1. The summed E-state index contributed by atoms with van der Waals surface area (Å²) >= 11 is 0. The van der Waals surface area contributed by atoms with Gasteiger partial charge in [0.2, 0.25) is 0 Å². The third kappa shape index (κ3) is 4.09. The van der Waals surface area contributed by atoms with Gasteiger partial charge in [-0.25, -0.2) is 9.59 Å². The van der Waals surface area contributed by atoms with Gasteiger partial charge in [-0.15, -0.1) is 0 Å². The topological polar surface area (TPSA) is 68.5 Å². The van der Waals surface area contributed by atoms with Crippen molar-refractivity contribution in [3.63, 3.8) is 0 Å². The van der Waals surface area contributed by atoms with Crippen molar-refractivity contribution in [3.8, 4) is 0 Å². The average molecular weight is 299 g/mol. The lowest BCUT2D eigenvalue weighted by atomic mass is 10.1. The molecule has 0 aliphatic rings. The van der Waals surface area contributed by atoms with Crippen LogP contribution in [0.4, 0.5) is 0 Å². The lowest BCUT2D eigenvalue weighted by molar-refractivity contribution is -0.131. The summed E-state index contributed by atoms with van der Waals surface area (Å²) in [5.41, 5.74) is 2.33. The standard InChI is InChI=1S/C17H17NO4/c1-2-22-17(21)14-7-5-13(6-8-14)12-18-11-3-4-15(18)9-10-16(19)20/h3-11H,2,12H2,1H3,(H,19,20)/b10-9+. The Labute approximate surface area is 128 Å². The number of aliphatic carboxylic acids is 1. The maximum Gasteiger partial charge on any atom is 0.338 e. The fourth-order valence-electron chi connectivity index (χ4n) is 2.04. The van der Waals surface area contributed by atoms with Crippen molar-refractivity contribution in [3.05, 3.63) is 65.5 Å². The van der Waals surface area contributed by atoms with Gasteiger partial charge in [-0.2, -0.15) is 0 Å². The van der Waals surface area contributed by atoms with Gasteiger partial charge in [0.05, 0.1) is 12.2 Å². The monoisotopic (exact) mass is 299 g/mol. The minimum atomic E-state index is -0.980. The second-order valence-corrected chi connectivity index (χ2v) is 4.65. The zero-order chi connectivity index (χ0) is 15.9. The second kappa shape index (κ2) is 7.26. The van der Waals surface area contributed by atoms with Gasteiger partial charge in [0.15, 0.2) is 0 Å². The third-order valence-electron chi connectivity index (χ3n) is 3.08. The number of carbonyl (C=O) groups is 2. The van der Waals surface area contributed by atoms with Crippen molar-refractivity contribution < 1.29 is 19.4 Å². The van der Waals surface area contributed by atoms with Gasteiger partial charge in [-0.05, 0) is 42.8 Å². The van der Waals surface area contributed by atoms with Crippen LogP contribution in [0.2, 0.25) is 0 Å². The number of hydrogen-bond acceptors (Lipinski definition) is 3. The predicted molar refractivity (Wildman–Crippen MR) is 82.6 cm³/mol. The average Bonchev–Trinajstić information content (AvgIpc) is 2.93. The number of aromatic nitrogens is 1. The number of hydrogen-bond donors (Lipinski definition) is 1. The second-order valence-electron chi connectivity index (χ2n) is 4.65. The van der Waals surface area contributed by atoms with Crippen LogP contribution in [-0.2, 0) is 16.1 Å². The molecule has 0 aliphatic carbocycles. The Morgan fingerprint density at radius 3 is 2.59 bits per heavy atom. The van der Waals surface area contributed by atoms with Crippen LogP contribution < -0.4 is 0 Å². The van der Waals surface area contributed by atoms with Crippen LogP contribution in [0.1, 0.15) is 28.5 Å². The molecule has 0 atom stereocenters. The van der Waals surface area contributed by atoms with Gasteiger partial charge in [0.25, 0.3) is 0 Å². The first-order valence-electron chi connectivity index (χ1n) is 6.92. The number of nitrogens with zero attached hydrogens (tertiary/aromatic N) is 1. The Morgan fingerprint density at radius 2 is 1.95 bits per heavy atom. The first kappa shape index (κ1) is 15.6. The van der Waals surface area contributed by atoms with E-state index in [1.54, 1.807) is 25.1 Å². The molecule has 0 saturated heterocycles. The summed E-state index contributed by atoms with van der Waals surface area (Å²) in [5, 5.41) is 8.68. The van der Waals surface area contributed by atoms with E-state index in [0.717, 1.165) is 17.3 Å². The number of rotatable bonds is 6. The number of benzene rings is 1. The molecule has 0 bridgehead atoms. The van der Waals surface area contributed by atoms with E-state index in [2.05, 4.69) is 0 Å². The maximum atomic E-state index is 11.6. The van der Waals surface area contributed by atoms with Crippen LogP contribution in [0.3, 0.4) is 0 Å². The van der Waals surface area contributed by atoms with Crippen LogP contribution in [0.25, 0.3) is 6.08 Å². The van der Waals surface area contributed by atoms with Crippen molar-refractivity contribution in [2.75, 3.05) is 6.61 Å². The number of carboxylic acid groups (broad SMARTS) is 1. The van der Waals surface area contributed by atoms with Gasteiger partial charge in [-0.1, -0.05) is 12.1 Å². The fraction of sp³-hybridized carbons (Fsp3) is 0.176. The van der Waals surface area contributed by atoms with Crippen LogP contribution in [0.5, 0.6) is 0 Å². The lowest BCUT2D eigenvalue weighted by Crippen LogP contribution is -2.05. The molecule has 0 radical (unpaired) electrons. The number of carboxylic acids is 1.